The molecule has 1 rings (SSSR count). The fourth-order valence-corrected chi connectivity index (χ4v) is 2.27. The van der Waals surface area contributed by atoms with Crippen molar-refractivity contribution in [1.82, 2.24) is 0 Å². The Balaban J connectivity index is 3.13. The summed E-state index contributed by atoms with van der Waals surface area (Å²) in [7, 11) is 1.24. The number of carbonyl (C=O) groups is 1. The van der Waals surface area contributed by atoms with Crippen LogP contribution in [0, 0.1) is 5.82 Å². The first-order valence-corrected chi connectivity index (χ1v) is 6.25. The Morgan fingerprint density at radius 2 is 2.06 bits per heavy atom. The molecular weight excluding hydrogens is 306 g/mol. The number of methoxy groups -OCH3 is 1. The van der Waals surface area contributed by atoms with Crippen molar-refractivity contribution >= 4 is 21.9 Å². The van der Waals surface area contributed by atoms with Crippen LogP contribution in [0.3, 0.4) is 0 Å². The Morgan fingerprint density at radius 3 is 2.50 bits per heavy atom. The maximum absolute atomic E-state index is 14.2. The molecule has 5 heteroatoms. The minimum absolute atomic E-state index is 0.129. The van der Waals surface area contributed by atoms with Gasteiger partial charge in [-0.1, -0.05) is 15.9 Å². The van der Waals surface area contributed by atoms with Gasteiger partial charge in [0.25, 0.3) is 0 Å². The van der Waals surface area contributed by atoms with Crippen molar-refractivity contribution in [3.05, 3.63) is 34.1 Å². The molecule has 0 aromatic heterocycles. The number of halogens is 3. The quantitative estimate of drug-likeness (QED) is 0.784. The summed E-state index contributed by atoms with van der Waals surface area (Å²) in [5, 5.41) is 0. The van der Waals surface area contributed by atoms with Crippen molar-refractivity contribution in [2.24, 2.45) is 0 Å². The predicted octanol–water partition coefficient (Wildman–Crippen LogP) is 3.98. The summed E-state index contributed by atoms with van der Waals surface area (Å²) in [5.41, 5.74) is -1.22. The van der Waals surface area contributed by atoms with Crippen LogP contribution < -0.4 is 0 Å². The molecular formula is C13H15BrF2O2. The first kappa shape index (κ1) is 15.1. The molecule has 2 nitrogen and oxygen atoms in total. The van der Waals surface area contributed by atoms with Crippen molar-refractivity contribution in [2.45, 2.75) is 31.9 Å². The third kappa shape index (κ3) is 4.05. The van der Waals surface area contributed by atoms with Crippen molar-refractivity contribution in [3.63, 3.8) is 0 Å². The van der Waals surface area contributed by atoms with E-state index in [4.69, 9.17) is 0 Å². The van der Waals surface area contributed by atoms with E-state index in [0.717, 1.165) is 0 Å². The first-order chi connectivity index (χ1) is 8.24. The van der Waals surface area contributed by atoms with Crippen LogP contribution >= 0.6 is 15.9 Å². The highest BCUT2D eigenvalue weighted by Gasteiger charge is 2.33. The van der Waals surface area contributed by atoms with Gasteiger partial charge in [-0.15, -0.1) is 0 Å². The lowest BCUT2D eigenvalue weighted by molar-refractivity contribution is -0.141. The SMILES string of the molecule is COC(=O)C[C@@H](c1cc(F)cc(Br)c1)C(C)(C)F. The molecule has 0 heterocycles. The third-order valence-electron chi connectivity index (χ3n) is 2.71. The van der Waals surface area contributed by atoms with E-state index < -0.39 is 23.4 Å². The molecule has 0 bridgehead atoms. The van der Waals surface area contributed by atoms with Crippen LogP contribution in [0.15, 0.2) is 22.7 Å². The van der Waals surface area contributed by atoms with Gasteiger partial charge in [-0.25, -0.2) is 8.78 Å². The number of esters is 1. The van der Waals surface area contributed by atoms with Gasteiger partial charge in [-0.05, 0) is 37.6 Å². The highest BCUT2D eigenvalue weighted by molar-refractivity contribution is 9.10. The predicted molar refractivity (Wildman–Crippen MR) is 68.7 cm³/mol. The van der Waals surface area contributed by atoms with Crippen molar-refractivity contribution in [1.29, 1.82) is 0 Å². The molecule has 0 fully saturated rings. The number of alkyl halides is 1. The second-order valence-corrected chi connectivity index (χ2v) is 5.52. The fourth-order valence-electron chi connectivity index (χ4n) is 1.78. The second kappa shape index (κ2) is 5.78. The van der Waals surface area contributed by atoms with Crippen LogP contribution in [0.2, 0.25) is 0 Å². The van der Waals surface area contributed by atoms with Gasteiger partial charge in [-0.2, -0.15) is 0 Å². The van der Waals surface area contributed by atoms with Gasteiger partial charge in [0.05, 0.1) is 13.5 Å². The van der Waals surface area contributed by atoms with E-state index >= 15 is 0 Å². The van der Waals surface area contributed by atoms with Crippen LogP contribution in [0.1, 0.15) is 31.7 Å². The van der Waals surface area contributed by atoms with E-state index in [1.807, 2.05) is 0 Å². The molecule has 100 valence electrons. The van der Waals surface area contributed by atoms with Gasteiger partial charge in [-0.3, -0.25) is 4.79 Å². The van der Waals surface area contributed by atoms with Crippen LogP contribution in [-0.2, 0) is 9.53 Å². The Morgan fingerprint density at radius 1 is 1.44 bits per heavy atom. The largest absolute Gasteiger partial charge is 0.469 e. The normalized spacial score (nSPS) is 13.2. The van der Waals surface area contributed by atoms with E-state index in [0.29, 0.717) is 10.0 Å². The highest BCUT2D eigenvalue weighted by atomic mass is 79.9. The van der Waals surface area contributed by atoms with Crippen LogP contribution in [-0.4, -0.2) is 18.7 Å². The van der Waals surface area contributed by atoms with Crippen LogP contribution in [0.4, 0.5) is 8.78 Å². The molecule has 0 saturated heterocycles. The van der Waals surface area contributed by atoms with Gasteiger partial charge in [0.1, 0.15) is 11.5 Å². The van der Waals surface area contributed by atoms with E-state index in [9.17, 15) is 13.6 Å². The minimum atomic E-state index is -1.65. The van der Waals surface area contributed by atoms with Gasteiger partial charge >= 0.3 is 5.97 Å². The second-order valence-electron chi connectivity index (χ2n) is 4.60. The number of ether oxygens (including phenoxy) is 1. The standard InChI is InChI=1S/C13H15BrF2O2/c1-13(2,16)11(7-12(17)18-3)8-4-9(14)6-10(15)5-8/h4-6,11H,7H2,1-3H3/t11-/m0/s1. The lowest BCUT2D eigenvalue weighted by atomic mass is 9.83. The molecule has 1 aromatic carbocycles. The van der Waals surface area contributed by atoms with Crippen molar-refractivity contribution in [2.75, 3.05) is 7.11 Å². The average Bonchev–Trinajstić information content (AvgIpc) is 2.22. The zero-order valence-corrected chi connectivity index (χ0v) is 12.1. The molecule has 0 aliphatic heterocycles. The first-order valence-electron chi connectivity index (χ1n) is 5.45. The molecule has 0 amide bonds. The Labute approximate surface area is 113 Å². The molecule has 18 heavy (non-hydrogen) atoms. The van der Waals surface area contributed by atoms with Gasteiger partial charge in [0.15, 0.2) is 0 Å². The summed E-state index contributed by atoms with van der Waals surface area (Å²) < 4.78 is 32.5. The van der Waals surface area contributed by atoms with Gasteiger partial charge in [0, 0.05) is 10.4 Å². The average molecular weight is 321 g/mol. The fraction of sp³-hybridized carbons (Fsp3) is 0.462. The smallest absolute Gasteiger partial charge is 0.306 e. The third-order valence-corrected chi connectivity index (χ3v) is 3.17. The van der Waals surface area contributed by atoms with Crippen molar-refractivity contribution in [3.8, 4) is 0 Å². The van der Waals surface area contributed by atoms with E-state index in [-0.39, 0.29) is 6.42 Å². The molecule has 1 atom stereocenters. The summed E-state index contributed by atoms with van der Waals surface area (Å²) in [4.78, 5) is 11.3. The van der Waals surface area contributed by atoms with E-state index in [1.165, 1.54) is 33.1 Å². The number of rotatable bonds is 4. The maximum Gasteiger partial charge on any atom is 0.306 e. The number of hydrogen-bond donors (Lipinski definition) is 0. The van der Waals surface area contributed by atoms with Crippen molar-refractivity contribution < 1.29 is 18.3 Å². The monoisotopic (exact) mass is 320 g/mol. The Hall–Kier alpha value is -0.970. The topological polar surface area (TPSA) is 26.3 Å². The zero-order chi connectivity index (χ0) is 13.9. The lowest BCUT2D eigenvalue weighted by Gasteiger charge is -2.26. The summed E-state index contributed by atoms with van der Waals surface area (Å²) in [6, 6.07) is 4.13. The Kier molecular flexibility index (Phi) is 4.85. The van der Waals surface area contributed by atoms with Crippen LogP contribution in [0.25, 0.3) is 0 Å². The molecule has 0 N–H and O–H groups in total. The van der Waals surface area contributed by atoms with Gasteiger partial charge in [0.2, 0.25) is 0 Å². The van der Waals surface area contributed by atoms with E-state index in [1.54, 1.807) is 6.07 Å². The zero-order valence-electron chi connectivity index (χ0n) is 10.5. The minimum Gasteiger partial charge on any atom is -0.469 e. The summed E-state index contributed by atoms with van der Waals surface area (Å²) in [6.45, 7) is 2.72. The molecule has 0 aliphatic carbocycles. The lowest BCUT2D eigenvalue weighted by Crippen LogP contribution is -2.27. The highest BCUT2D eigenvalue weighted by Crippen LogP contribution is 2.36. The number of hydrogen-bond acceptors (Lipinski definition) is 2. The summed E-state index contributed by atoms with van der Waals surface area (Å²) in [5.74, 6) is -1.75. The number of benzene rings is 1. The van der Waals surface area contributed by atoms with Gasteiger partial charge < -0.3 is 4.74 Å². The van der Waals surface area contributed by atoms with E-state index in [2.05, 4.69) is 20.7 Å². The molecule has 0 spiro atoms. The summed E-state index contributed by atoms with van der Waals surface area (Å²) >= 11 is 3.15. The Bertz CT molecular complexity index is 421. The maximum atomic E-state index is 14.2. The molecule has 0 saturated carbocycles. The molecule has 0 aliphatic rings. The molecule has 1 aromatic rings. The molecule has 0 unspecified atom stereocenters. The van der Waals surface area contributed by atoms with Crippen LogP contribution in [0.5, 0.6) is 0 Å². The number of carbonyl (C=O) groups excluding carboxylic acids is 1. The molecule has 0 radical (unpaired) electrons. The summed E-state index contributed by atoms with van der Waals surface area (Å²) in [6.07, 6.45) is -0.129.